The molecule has 1 atom stereocenters. The largest absolute Gasteiger partial charge is 0.496 e. The third-order valence-corrected chi connectivity index (χ3v) is 6.63. The minimum Gasteiger partial charge on any atom is -0.496 e. The lowest BCUT2D eigenvalue weighted by Crippen LogP contribution is -2.51. The molecule has 2 aromatic heterocycles. The van der Waals surface area contributed by atoms with Crippen LogP contribution in [0, 0.1) is 6.92 Å². The summed E-state index contributed by atoms with van der Waals surface area (Å²) in [5.41, 5.74) is -1.11. The zero-order valence-corrected chi connectivity index (χ0v) is 20.0. The van der Waals surface area contributed by atoms with Crippen molar-refractivity contribution in [2.24, 2.45) is 0 Å². The fourth-order valence-electron chi connectivity index (χ4n) is 4.89. The number of aryl methyl sites for hydroxylation is 1. The van der Waals surface area contributed by atoms with Gasteiger partial charge in [-0.25, -0.2) is 9.97 Å². The van der Waals surface area contributed by atoms with Crippen LogP contribution in [0.1, 0.15) is 49.9 Å². The van der Waals surface area contributed by atoms with E-state index in [0.29, 0.717) is 28.3 Å². The number of aliphatic hydroxyl groups is 1. The van der Waals surface area contributed by atoms with Gasteiger partial charge in [0.25, 0.3) is 0 Å². The van der Waals surface area contributed by atoms with Gasteiger partial charge in [0.05, 0.1) is 24.3 Å². The molecule has 1 unspecified atom stereocenters. The van der Waals surface area contributed by atoms with Crippen LogP contribution in [0.4, 0.5) is 19.1 Å². The first-order valence-electron chi connectivity index (χ1n) is 11.5. The Morgan fingerprint density at radius 2 is 1.85 bits per heavy atom. The van der Waals surface area contributed by atoms with E-state index in [1.165, 1.54) is 7.11 Å². The van der Waals surface area contributed by atoms with Gasteiger partial charge in [0.15, 0.2) is 5.60 Å². The highest BCUT2D eigenvalue weighted by Gasteiger charge is 2.56. The maximum Gasteiger partial charge on any atom is 0.417 e. The van der Waals surface area contributed by atoms with Gasteiger partial charge in [-0.15, -0.1) is 0 Å². The van der Waals surface area contributed by atoms with Gasteiger partial charge in [0.2, 0.25) is 5.95 Å². The second kappa shape index (κ2) is 8.76. The number of nitrogens with zero attached hydrogens (tertiary/aromatic N) is 3. The second-order valence-electron chi connectivity index (χ2n) is 9.93. The van der Waals surface area contributed by atoms with Crippen LogP contribution < -0.4 is 9.64 Å². The Labute approximate surface area is 197 Å². The van der Waals surface area contributed by atoms with Crippen molar-refractivity contribution in [3.8, 4) is 5.75 Å². The van der Waals surface area contributed by atoms with E-state index in [1.54, 1.807) is 32.2 Å². The average molecular weight is 477 g/mol. The van der Waals surface area contributed by atoms with Crippen molar-refractivity contribution in [3.05, 3.63) is 47.3 Å². The molecule has 1 aliphatic rings. The summed E-state index contributed by atoms with van der Waals surface area (Å²) in [6.45, 7) is 7.00. The zero-order chi connectivity index (χ0) is 24.7. The SMILES string of the molecule is COc1ccc(C)cc1C(C)(C)CC(O)(Cc1cc2nc(N3CCCC3)ncc2[nH]1)C(F)(F)F. The summed E-state index contributed by atoms with van der Waals surface area (Å²) in [4.78, 5) is 13.9. The number of methoxy groups -OCH3 is 1. The van der Waals surface area contributed by atoms with E-state index in [9.17, 15) is 18.3 Å². The van der Waals surface area contributed by atoms with Crippen molar-refractivity contribution in [3.63, 3.8) is 0 Å². The molecular formula is C25H31F3N4O2. The fraction of sp³-hybridized carbons (Fsp3) is 0.520. The topological polar surface area (TPSA) is 74.3 Å². The van der Waals surface area contributed by atoms with Gasteiger partial charge in [-0.3, -0.25) is 0 Å². The molecule has 0 aliphatic carbocycles. The number of nitrogens with one attached hydrogen (secondary N) is 1. The van der Waals surface area contributed by atoms with Crippen LogP contribution in [0.2, 0.25) is 0 Å². The van der Waals surface area contributed by atoms with Gasteiger partial charge in [-0.1, -0.05) is 31.5 Å². The van der Waals surface area contributed by atoms with E-state index in [1.807, 2.05) is 19.1 Å². The number of aromatic nitrogens is 3. The van der Waals surface area contributed by atoms with Crippen molar-refractivity contribution in [2.45, 2.75) is 63.6 Å². The van der Waals surface area contributed by atoms with Gasteiger partial charge in [-0.05, 0) is 43.7 Å². The first-order valence-corrected chi connectivity index (χ1v) is 11.5. The third kappa shape index (κ3) is 4.71. The van der Waals surface area contributed by atoms with Crippen LogP contribution in [0.25, 0.3) is 11.0 Å². The molecule has 6 nitrogen and oxygen atoms in total. The molecule has 3 aromatic rings. The summed E-state index contributed by atoms with van der Waals surface area (Å²) in [5.74, 6) is 1.07. The van der Waals surface area contributed by atoms with E-state index in [0.717, 1.165) is 31.5 Å². The van der Waals surface area contributed by atoms with E-state index in [4.69, 9.17) is 4.74 Å². The van der Waals surface area contributed by atoms with Crippen LogP contribution >= 0.6 is 0 Å². The lowest BCUT2D eigenvalue weighted by molar-refractivity contribution is -0.266. The smallest absolute Gasteiger partial charge is 0.417 e. The molecule has 184 valence electrons. The van der Waals surface area contributed by atoms with Crippen molar-refractivity contribution in [1.29, 1.82) is 0 Å². The third-order valence-electron chi connectivity index (χ3n) is 6.63. The first kappa shape index (κ1) is 24.3. The molecule has 0 radical (unpaired) electrons. The number of hydrogen-bond donors (Lipinski definition) is 2. The molecule has 4 rings (SSSR count). The van der Waals surface area contributed by atoms with Crippen LogP contribution in [0.3, 0.4) is 0 Å². The summed E-state index contributed by atoms with van der Waals surface area (Å²) in [5, 5.41) is 11.1. The predicted octanol–water partition coefficient (Wildman–Crippen LogP) is 5.08. The van der Waals surface area contributed by atoms with Crippen molar-refractivity contribution < 1.29 is 23.0 Å². The quantitative estimate of drug-likeness (QED) is 0.498. The summed E-state index contributed by atoms with van der Waals surface area (Å²) < 4.78 is 48.3. The number of aromatic amines is 1. The number of benzene rings is 1. The lowest BCUT2D eigenvalue weighted by atomic mass is 9.73. The van der Waals surface area contributed by atoms with E-state index < -0.39 is 30.0 Å². The Morgan fingerprint density at radius 3 is 2.50 bits per heavy atom. The minimum atomic E-state index is -4.84. The Bertz CT molecular complexity index is 1170. The Hall–Kier alpha value is -2.81. The summed E-state index contributed by atoms with van der Waals surface area (Å²) in [6, 6.07) is 6.98. The minimum absolute atomic E-state index is 0.259. The molecule has 9 heteroatoms. The number of H-pyrrole nitrogens is 1. The number of hydrogen-bond acceptors (Lipinski definition) is 5. The molecular weight excluding hydrogens is 445 g/mol. The maximum absolute atomic E-state index is 14.3. The summed E-state index contributed by atoms with van der Waals surface area (Å²) in [6.07, 6.45) is -2.27. The average Bonchev–Trinajstić information content (AvgIpc) is 3.41. The number of halogens is 3. The highest BCUT2D eigenvalue weighted by Crippen LogP contribution is 2.45. The van der Waals surface area contributed by atoms with E-state index >= 15 is 0 Å². The normalized spacial score (nSPS) is 16.8. The van der Waals surface area contributed by atoms with E-state index in [-0.39, 0.29) is 5.69 Å². The molecule has 2 N–H and O–H groups in total. The summed E-state index contributed by atoms with van der Waals surface area (Å²) >= 11 is 0. The number of ether oxygens (including phenoxy) is 1. The van der Waals surface area contributed by atoms with Gasteiger partial charge in [-0.2, -0.15) is 13.2 Å². The van der Waals surface area contributed by atoms with Gasteiger partial charge >= 0.3 is 6.18 Å². The maximum atomic E-state index is 14.3. The van der Waals surface area contributed by atoms with Gasteiger partial charge < -0.3 is 19.7 Å². The highest BCUT2D eigenvalue weighted by atomic mass is 19.4. The summed E-state index contributed by atoms with van der Waals surface area (Å²) in [7, 11) is 1.49. The number of rotatable bonds is 7. The van der Waals surface area contributed by atoms with Gasteiger partial charge in [0.1, 0.15) is 5.75 Å². The Kier molecular flexibility index (Phi) is 6.27. The van der Waals surface area contributed by atoms with Crippen molar-refractivity contribution in [1.82, 2.24) is 15.0 Å². The predicted molar refractivity (Wildman–Crippen MR) is 125 cm³/mol. The second-order valence-corrected chi connectivity index (χ2v) is 9.93. The van der Waals surface area contributed by atoms with Gasteiger partial charge in [0, 0.05) is 30.8 Å². The zero-order valence-electron chi connectivity index (χ0n) is 20.0. The monoisotopic (exact) mass is 476 g/mol. The number of alkyl halides is 3. The fourth-order valence-corrected chi connectivity index (χ4v) is 4.89. The van der Waals surface area contributed by atoms with Crippen LogP contribution in [-0.2, 0) is 11.8 Å². The standard InChI is InChI=1S/C25H31F3N4O2/c1-16-7-8-21(34-4)18(11-16)23(2,3)15-24(33,25(26,27)28)13-17-12-19-20(30-17)14-29-22(31-19)32-9-5-6-10-32/h7-8,11-12,14,30,33H,5-6,9-10,13,15H2,1-4H3. The van der Waals surface area contributed by atoms with Crippen LogP contribution in [-0.4, -0.2) is 52.0 Å². The Balaban J connectivity index is 1.65. The van der Waals surface area contributed by atoms with Crippen LogP contribution in [0.15, 0.2) is 30.5 Å². The molecule has 1 aliphatic heterocycles. The molecule has 34 heavy (non-hydrogen) atoms. The van der Waals surface area contributed by atoms with E-state index in [2.05, 4.69) is 19.9 Å². The van der Waals surface area contributed by atoms with Crippen LogP contribution in [0.5, 0.6) is 5.75 Å². The molecule has 1 saturated heterocycles. The van der Waals surface area contributed by atoms with Crippen molar-refractivity contribution >= 4 is 17.0 Å². The molecule has 1 fully saturated rings. The molecule has 3 heterocycles. The molecule has 0 bridgehead atoms. The highest BCUT2D eigenvalue weighted by molar-refractivity contribution is 5.76. The number of anilines is 1. The molecule has 0 spiro atoms. The lowest BCUT2D eigenvalue weighted by Gasteiger charge is -2.38. The molecule has 0 amide bonds. The van der Waals surface area contributed by atoms with Crippen molar-refractivity contribution in [2.75, 3.05) is 25.1 Å². The molecule has 1 aromatic carbocycles. The Morgan fingerprint density at radius 1 is 1.15 bits per heavy atom. The first-order chi connectivity index (χ1) is 15.9. The molecule has 0 saturated carbocycles. The number of fused-ring (bicyclic) bond motifs is 1.